The monoisotopic (exact) mass is 151 g/mol. The van der Waals surface area contributed by atoms with Gasteiger partial charge in [0, 0.05) is 5.69 Å². The minimum Gasteiger partial charge on any atom is -0.452 e. The molecule has 1 aromatic rings. The van der Waals surface area contributed by atoms with E-state index in [0.29, 0.717) is 12.7 Å². The van der Waals surface area contributed by atoms with Gasteiger partial charge in [0.05, 0.1) is 0 Å². The molecule has 1 aromatic heterocycles. The number of nitrogens with zero attached hydrogens (tertiary/aromatic N) is 1. The van der Waals surface area contributed by atoms with E-state index in [0.717, 1.165) is 17.0 Å². The van der Waals surface area contributed by atoms with E-state index in [1.54, 1.807) is 0 Å². The Balaban J connectivity index is 2.57. The quantitative estimate of drug-likeness (QED) is 0.562. The molecule has 0 saturated heterocycles. The van der Waals surface area contributed by atoms with Gasteiger partial charge in [-0.3, -0.25) is 0 Å². The number of hydrogen-bond donors (Lipinski definition) is 0. The van der Waals surface area contributed by atoms with E-state index in [4.69, 9.17) is 9.47 Å². The molecule has 1 aliphatic heterocycles. The molecule has 3 heteroatoms. The maximum atomic E-state index is 5.15. The van der Waals surface area contributed by atoms with E-state index in [1.807, 2.05) is 19.9 Å². The van der Waals surface area contributed by atoms with Gasteiger partial charge in [0.1, 0.15) is 0 Å². The molecule has 0 radical (unpaired) electrons. The predicted molar refractivity (Wildman–Crippen MR) is 39.8 cm³/mol. The first-order chi connectivity index (χ1) is 5.27. The molecule has 2 heterocycles. The molecule has 3 nitrogen and oxygen atoms in total. The lowest BCUT2D eigenvalue weighted by Gasteiger charge is -1.99. The summed E-state index contributed by atoms with van der Waals surface area (Å²) in [5, 5.41) is 0. The highest BCUT2D eigenvalue weighted by molar-refractivity contribution is 5.40. The molecule has 0 aromatic carbocycles. The van der Waals surface area contributed by atoms with Crippen LogP contribution in [0.1, 0.15) is 11.3 Å². The van der Waals surface area contributed by atoms with E-state index >= 15 is 0 Å². The summed E-state index contributed by atoms with van der Waals surface area (Å²) in [5.74, 6) is 1.38. The van der Waals surface area contributed by atoms with Crippen LogP contribution in [0.25, 0.3) is 0 Å². The Morgan fingerprint density at radius 2 is 2.18 bits per heavy atom. The van der Waals surface area contributed by atoms with Crippen molar-refractivity contribution in [2.75, 3.05) is 6.79 Å². The van der Waals surface area contributed by atoms with Gasteiger partial charge in [-0.15, -0.1) is 0 Å². The minimum atomic E-state index is 0.297. The average Bonchev–Trinajstić information content (AvgIpc) is 2.36. The lowest BCUT2D eigenvalue weighted by atomic mass is 10.2. The number of aryl methyl sites for hydroxylation is 2. The molecular weight excluding hydrogens is 142 g/mol. The number of rotatable bonds is 0. The fourth-order valence-corrected chi connectivity index (χ4v) is 1.01. The zero-order chi connectivity index (χ0) is 7.84. The topological polar surface area (TPSA) is 31.4 Å². The van der Waals surface area contributed by atoms with Crippen LogP contribution in [-0.4, -0.2) is 11.8 Å². The third-order valence-corrected chi connectivity index (χ3v) is 1.81. The molecule has 0 aliphatic carbocycles. The molecule has 11 heavy (non-hydrogen) atoms. The van der Waals surface area contributed by atoms with Gasteiger partial charge in [0.15, 0.2) is 5.75 Å². The highest BCUT2D eigenvalue weighted by Gasteiger charge is 2.15. The number of ether oxygens (including phenoxy) is 2. The molecule has 0 saturated carbocycles. The summed E-state index contributed by atoms with van der Waals surface area (Å²) < 4.78 is 10.3. The number of hydrogen-bond acceptors (Lipinski definition) is 3. The second kappa shape index (κ2) is 2.12. The van der Waals surface area contributed by atoms with Crippen molar-refractivity contribution in [3.63, 3.8) is 0 Å². The highest BCUT2D eigenvalue weighted by atomic mass is 16.7. The summed E-state index contributed by atoms with van der Waals surface area (Å²) in [7, 11) is 0. The van der Waals surface area contributed by atoms with E-state index in [1.165, 1.54) is 0 Å². The van der Waals surface area contributed by atoms with Crippen molar-refractivity contribution >= 4 is 0 Å². The fourth-order valence-electron chi connectivity index (χ4n) is 1.01. The van der Waals surface area contributed by atoms with E-state index in [9.17, 15) is 0 Å². The summed E-state index contributed by atoms with van der Waals surface area (Å²) in [6.07, 6.45) is 0. The van der Waals surface area contributed by atoms with Crippen molar-refractivity contribution in [2.45, 2.75) is 13.8 Å². The second-order valence-corrected chi connectivity index (χ2v) is 2.60. The lowest BCUT2D eigenvalue weighted by molar-refractivity contribution is 0.171. The number of fused-ring (bicyclic) bond motifs is 1. The molecule has 0 unspecified atom stereocenters. The molecule has 1 aliphatic rings. The Labute approximate surface area is 65.0 Å². The van der Waals surface area contributed by atoms with Crippen molar-refractivity contribution in [2.24, 2.45) is 0 Å². The third kappa shape index (κ3) is 0.926. The molecular formula is C8H9NO2. The van der Waals surface area contributed by atoms with Gasteiger partial charge in [-0.1, -0.05) is 0 Å². The first kappa shape index (κ1) is 6.46. The Kier molecular flexibility index (Phi) is 1.24. The van der Waals surface area contributed by atoms with Crippen molar-refractivity contribution < 1.29 is 9.47 Å². The number of pyridine rings is 1. The third-order valence-electron chi connectivity index (χ3n) is 1.81. The first-order valence-corrected chi connectivity index (χ1v) is 3.51. The molecule has 2 rings (SSSR count). The van der Waals surface area contributed by atoms with E-state index in [2.05, 4.69) is 4.98 Å². The average molecular weight is 151 g/mol. The van der Waals surface area contributed by atoms with Crippen LogP contribution in [0.2, 0.25) is 0 Å². The number of aromatic nitrogens is 1. The summed E-state index contributed by atoms with van der Waals surface area (Å²) in [6.45, 7) is 4.26. The van der Waals surface area contributed by atoms with E-state index < -0.39 is 0 Å². The second-order valence-electron chi connectivity index (χ2n) is 2.60. The summed E-state index contributed by atoms with van der Waals surface area (Å²) in [5.41, 5.74) is 2.13. The molecule has 58 valence electrons. The van der Waals surface area contributed by atoms with Crippen LogP contribution in [0.5, 0.6) is 11.6 Å². The first-order valence-electron chi connectivity index (χ1n) is 3.51. The Morgan fingerprint density at radius 1 is 1.36 bits per heavy atom. The van der Waals surface area contributed by atoms with Gasteiger partial charge in [0.25, 0.3) is 5.88 Å². The molecule has 0 N–H and O–H groups in total. The van der Waals surface area contributed by atoms with Crippen LogP contribution in [0.4, 0.5) is 0 Å². The minimum absolute atomic E-state index is 0.297. The van der Waals surface area contributed by atoms with Crippen LogP contribution in [-0.2, 0) is 0 Å². The Hall–Kier alpha value is -1.25. The summed E-state index contributed by atoms with van der Waals surface area (Å²) in [6, 6.07) is 1.95. The molecule has 0 fully saturated rings. The van der Waals surface area contributed by atoms with Crippen molar-refractivity contribution in [1.82, 2.24) is 4.98 Å². The zero-order valence-corrected chi connectivity index (χ0v) is 6.55. The van der Waals surface area contributed by atoms with Crippen molar-refractivity contribution in [1.29, 1.82) is 0 Å². The van der Waals surface area contributed by atoms with Gasteiger partial charge in [-0.2, -0.15) is 0 Å². The zero-order valence-electron chi connectivity index (χ0n) is 6.55. The largest absolute Gasteiger partial charge is 0.452 e. The molecule has 0 atom stereocenters. The van der Waals surface area contributed by atoms with Gasteiger partial charge in [0.2, 0.25) is 6.79 Å². The standard InChI is InChI=1S/C8H9NO2/c1-5-3-7-8(9-6(5)2)11-4-10-7/h3H,4H2,1-2H3. The van der Waals surface area contributed by atoms with Gasteiger partial charge in [-0.25, -0.2) is 4.98 Å². The smallest absolute Gasteiger partial charge is 0.260 e. The van der Waals surface area contributed by atoms with Crippen molar-refractivity contribution in [3.05, 3.63) is 17.3 Å². The summed E-state index contributed by atoms with van der Waals surface area (Å²) in [4.78, 5) is 4.21. The molecule has 0 amide bonds. The van der Waals surface area contributed by atoms with Crippen LogP contribution in [0, 0.1) is 13.8 Å². The van der Waals surface area contributed by atoms with Crippen LogP contribution in [0.15, 0.2) is 6.07 Å². The summed E-state index contributed by atoms with van der Waals surface area (Å²) >= 11 is 0. The van der Waals surface area contributed by atoms with Gasteiger partial charge < -0.3 is 9.47 Å². The van der Waals surface area contributed by atoms with Crippen molar-refractivity contribution in [3.8, 4) is 11.6 Å². The molecule has 0 bridgehead atoms. The SMILES string of the molecule is Cc1cc2c(nc1C)OCO2. The van der Waals surface area contributed by atoms with Crippen LogP contribution < -0.4 is 9.47 Å². The van der Waals surface area contributed by atoms with E-state index in [-0.39, 0.29) is 0 Å². The fraction of sp³-hybridized carbons (Fsp3) is 0.375. The van der Waals surface area contributed by atoms with Crippen LogP contribution >= 0.6 is 0 Å². The highest BCUT2D eigenvalue weighted by Crippen LogP contribution is 2.30. The molecule has 0 spiro atoms. The normalized spacial score (nSPS) is 13.6. The van der Waals surface area contributed by atoms with Crippen LogP contribution in [0.3, 0.4) is 0 Å². The lowest BCUT2D eigenvalue weighted by Crippen LogP contribution is -1.93. The maximum Gasteiger partial charge on any atom is 0.260 e. The Bertz CT molecular complexity index is 267. The maximum absolute atomic E-state index is 5.15. The van der Waals surface area contributed by atoms with Gasteiger partial charge in [-0.05, 0) is 25.5 Å². The van der Waals surface area contributed by atoms with Gasteiger partial charge >= 0.3 is 0 Å². The Morgan fingerprint density at radius 3 is 3.00 bits per heavy atom. The predicted octanol–water partition coefficient (Wildman–Crippen LogP) is 1.43.